The van der Waals surface area contributed by atoms with Gasteiger partial charge in [0, 0.05) is 30.0 Å². The molecular formula is C37H36N3O4S4+. The first-order valence-corrected chi connectivity index (χ1v) is 19.7. The van der Waals surface area contributed by atoms with Crippen LogP contribution < -0.4 is 24.2 Å². The van der Waals surface area contributed by atoms with Gasteiger partial charge in [0.1, 0.15) is 9.54 Å². The predicted molar refractivity (Wildman–Crippen MR) is 200 cm³/mol. The molecule has 11 heteroatoms. The maximum atomic E-state index is 13.8. The van der Waals surface area contributed by atoms with E-state index in [2.05, 4.69) is 65.4 Å². The fraction of sp³-hybridized carbons (Fsp3) is 0.189. The van der Waals surface area contributed by atoms with E-state index in [0.717, 1.165) is 42.9 Å². The fourth-order valence-electron chi connectivity index (χ4n) is 5.71. The van der Waals surface area contributed by atoms with E-state index in [1.165, 1.54) is 21.9 Å². The second kappa shape index (κ2) is 15.0. The number of rotatable bonds is 12. The minimum absolute atomic E-state index is 0.0746. The second-order valence-corrected chi connectivity index (χ2v) is 15.9. The first-order chi connectivity index (χ1) is 23.3. The van der Waals surface area contributed by atoms with Gasteiger partial charge in [-0.15, -0.1) is 17.9 Å². The lowest BCUT2D eigenvalue weighted by Gasteiger charge is -2.17. The van der Waals surface area contributed by atoms with Crippen molar-refractivity contribution < 1.29 is 17.5 Å². The summed E-state index contributed by atoms with van der Waals surface area (Å²) in [6.07, 6.45) is 8.61. The van der Waals surface area contributed by atoms with Crippen LogP contribution in [-0.2, 0) is 23.2 Å². The van der Waals surface area contributed by atoms with Crippen molar-refractivity contribution in [1.82, 2.24) is 4.57 Å². The molecule has 0 radical (unpaired) electrons. The number of thiazole rings is 2. The lowest BCUT2D eigenvalue weighted by Crippen LogP contribution is -2.38. The number of hydrogen-bond acceptors (Lipinski definition) is 7. The highest BCUT2D eigenvalue weighted by Crippen LogP contribution is 2.45. The first kappa shape index (κ1) is 33.9. The molecular weight excluding hydrogens is 679 g/mol. The Labute approximate surface area is 292 Å². The summed E-state index contributed by atoms with van der Waals surface area (Å²) in [4.78, 5) is 18.3. The van der Waals surface area contributed by atoms with Crippen LogP contribution in [0.5, 0.6) is 0 Å². The average molecular weight is 715 g/mol. The number of hydrogen-bond donors (Lipinski definition) is 1. The predicted octanol–water partition coefficient (Wildman–Crippen LogP) is 6.53. The van der Waals surface area contributed by atoms with Gasteiger partial charge in [-0.3, -0.25) is 13.9 Å². The second-order valence-electron chi connectivity index (χ2n) is 11.1. The summed E-state index contributed by atoms with van der Waals surface area (Å²) in [6, 6.07) is 28.7. The lowest BCUT2D eigenvalue weighted by molar-refractivity contribution is -0.683. The van der Waals surface area contributed by atoms with Crippen molar-refractivity contribution in [2.24, 2.45) is 0 Å². The van der Waals surface area contributed by atoms with Crippen LogP contribution >= 0.6 is 34.4 Å². The van der Waals surface area contributed by atoms with Gasteiger partial charge in [0.2, 0.25) is 5.69 Å². The molecule has 7 nitrogen and oxygen atoms in total. The van der Waals surface area contributed by atoms with E-state index in [4.69, 9.17) is 0 Å². The smallest absolute Gasteiger partial charge is 0.269 e. The van der Waals surface area contributed by atoms with E-state index in [1.54, 1.807) is 33.7 Å². The van der Waals surface area contributed by atoms with Crippen molar-refractivity contribution >= 4 is 62.4 Å². The topological polar surface area (TPSA) is 83.5 Å². The third-order valence-electron chi connectivity index (χ3n) is 7.90. The van der Waals surface area contributed by atoms with Gasteiger partial charge in [0.15, 0.2) is 6.54 Å². The zero-order chi connectivity index (χ0) is 33.7. The minimum Gasteiger partial charge on any atom is -0.335 e. The molecule has 0 saturated carbocycles. The molecule has 1 aliphatic rings. The fourth-order valence-corrected chi connectivity index (χ4v) is 9.73. The molecule has 1 aliphatic heterocycles. The van der Waals surface area contributed by atoms with Gasteiger partial charge in [-0.1, -0.05) is 89.8 Å². The minimum atomic E-state index is -4.06. The Hall–Kier alpha value is -4.00. The molecule has 5 aromatic rings. The number of aromatic nitrogens is 2. The van der Waals surface area contributed by atoms with Crippen molar-refractivity contribution in [2.75, 3.05) is 17.2 Å². The molecule has 0 fully saturated rings. The quantitative estimate of drug-likeness (QED) is 0.0686. The Morgan fingerprint density at radius 1 is 0.896 bits per heavy atom. The lowest BCUT2D eigenvalue weighted by atomic mass is 10.1. The molecule has 48 heavy (non-hydrogen) atoms. The highest BCUT2D eigenvalue weighted by molar-refractivity contribution is 8.03. The van der Waals surface area contributed by atoms with E-state index >= 15 is 0 Å². The molecule has 1 N–H and O–H groups in total. The van der Waals surface area contributed by atoms with Crippen LogP contribution in [0.2, 0.25) is 0 Å². The maximum absolute atomic E-state index is 13.8. The number of benzene rings is 3. The van der Waals surface area contributed by atoms with Gasteiger partial charge in [0.25, 0.3) is 20.7 Å². The molecule has 2 aromatic heterocycles. The molecule has 246 valence electrons. The van der Waals surface area contributed by atoms with Crippen LogP contribution in [0.3, 0.4) is 0 Å². The normalized spacial score (nSPS) is 14.6. The summed E-state index contributed by atoms with van der Waals surface area (Å²) >= 11 is 4.79. The summed E-state index contributed by atoms with van der Waals surface area (Å²) in [5.74, 6) is -0.291. The zero-order valence-electron chi connectivity index (χ0n) is 26.5. The summed E-state index contributed by atoms with van der Waals surface area (Å²) < 4.78 is 37.7. The van der Waals surface area contributed by atoms with E-state index in [-0.39, 0.29) is 11.3 Å². The number of anilines is 1. The van der Waals surface area contributed by atoms with Crippen LogP contribution in [0.25, 0.3) is 33.9 Å². The molecule has 0 spiro atoms. The van der Waals surface area contributed by atoms with Crippen molar-refractivity contribution in [3.05, 3.63) is 133 Å². The van der Waals surface area contributed by atoms with Crippen LogP contribution in [0.1, 0.15) is 24.8 Å². The molecule has 0 aliphatic carbocycles. The Balaban J connectivity index is 1.50. The van der Waals surface area contributed by atoms with Crippen LogP contribution in [-0.4, -0.2) is 29.8 Å². The van der Waals surface area contributed by atoms with E-state index in [0.29, 0.717) is 30.5 Å². The van der Waals surface area contributed by atoms with Crippen molar-refractivity contribution in [2.45, 2.75) is 37.8 Å². The number of allylic oxidation sites excluding steroid dienone is 2. The Morgan fingerprint density at radius 2 is 1.58 bits per heavy atom. The third kappa shape index (κ3) is 7.50. The van der Waals surface area contributed by atoms with Crippen LogP contribution in [0, 0.1) is 0 Å². The number of thioether (sulfide) groups is 1. The van der Waals surface area contributed by atoms with Gasteiger partial charge in [0.05, 0.1) is 27.1 Å². The number of para-hydroxylation sites is 1. The van der Waals surface area contributed by atoms with Crippen LogP contribution in [0.4, 0.5) is 5.69 Å². The van der Waals surface area contributed by atoms with E-state index < -0.39 is 10.1 Å². The van der Waals surface area contributed by atoms with Gasteiger partial charge < -0.3 is 4.90 Å². The van der Waals surface area contributed by atoms with Gasteiger partial charge in [-0.25, -0.2) is 0 Å². The summed E-state index contributed by atoms with van der Waals surface area (Å²) in [7, 11) is -4.06. The third-order valence-corrected chi connectivity index (χ3v) is 12.1. The molecule has 0 unspecified atom stereocenters. The highest BCUT2D eigenvalue weighted by atomic mass is 32.2. The standard InChI is InChI=1S/C37H35N3O4S4/c1-3-23-40-34(46-31(37(40)41)21-22-32-38(4-2)29-19-11-12-20-30(29)45-32)26-33-39(24-13-14-25-48(42,43)44)35(27-15-7-5-8-16-27)36(47-33)28-17-9-6-10-18-28/h3,5-12,15-22,26H,1,4,13-14,23-25H2,2H3/p+1/b31-21+,32-22+. The number of fused-ring (bicyclic) bond motifs is 1. The summed E-state index contributed by atoms with van der Waals surface area (Å²) in [5, 5.41) is 2.01. The Bertz CT molecular complexity index is 2250. The molecule has 6 rings (SSSR count). The van der Waals surface area contributed by atoms with Crippen LogP contribution in [0.15, 0.2) is 118 Å². The van der Waals surface area contributed by atoms with Crippen molar-refractivity contribution in [1.29, 1.82) is 0 Å². The Morgan fingerprint density at radius 3 is 2.27 bits per heavy atom. The monoisotopic (exact) mass is 714 g/mol. The van der Waals surface area contributed by atoms with Gasteiger partial charge in [-0.2, -0.15) is 13.0 Å². The SMILES string of the molecule is C=CCn1c(=O)/c(=C\C=C2\Sc3ccccc3N2CC)s/c1=C\c1sc(-c2ccccc2)c(-c2ccccc2)[n+]1CCCCS(=O)(=O)O. The molecule has 3 heterocycles. The van der Waals surface area contributed by atoms with E-state index in [9.17, 15) is 17.8 Å². The number of nitrogens with zero attached hydrogens (tertiary/aromatic N) is 3. The molecule has 0 amide bonds. The highest BCUT2D eigenvalue weighted by Gasteiger charge is 2.28. The molecule has 0 atom stereocenters. The molecule has 0 saturated heterocycles. The van der Waals surface area contributed by atoms with Crippen molar-refractivity contribution in [3.63, 3.8) is 0 Å². The summed E-state index contributed by atoms with van der Waals surface area (Å²) in [6.45, 7) is 7.76. The van der Waals surface area contributed by atoms with Gasteiger partial charge >= 0.3 is 0 Å². The van der Waals surface area contributed by atoms with E-state index in [1.807, 2.05) is 60.7 Å². The maximum Gasteiger partial charge on any atom is 0.269 e. The Kier molecular flexibility index (Phi) is 10.6. The van der Waals surface area contributed by atoms with Gasteiger partial charge in [-0.05, 0) is 55.3 Å². The average Bonchev–Trinajstić information content (AvgIpc) is 3.73. The molecule has 0 bridgehead atoms. The summed E-state index contributed by atoms with van der Waals surface area (Å²) in [5.41, 5.74) is 4.23. The number of unbranched alkanes of at least 4 members (excludes halogenated alkanes) is 1. The first-order valence-electron chi connectivity index (χ1n) is 15.7. The molecule has 3 aromatic carbocycles. The van der Waals surface area contributed by atoms with Crippen molar-refractivity contribution in [3.8, 4) is 21.7 Å². The zero-order valence-corrected chi connectivity index (χ0v) is 29.8. The largest absolute Gasteiger partial charge is 0.335 e.